The lowest BCUT2D eigenvalue weighted by Gasteiger charge is -2.14. The van der Waals surface area contributed by atoms with E-state index in [1.54, 1.807) is 6.20 Å². The Labute approximate surface area is 108 Å². The third kappa shape index (κ3) is 3.08. The van der Waals surface area contributed by atoms with Gasteiger partial charge in [0.05, 0.1) is 5.69 Å². The van der Waals surface area contributed by atoms with Crippen LogP contribution >= 0.6 is 0 Å². The normalized spacial score (nSPS) is 12.2. The number of rotatable bonds is 4. The second-order valence-corrected chi connectivity index (χ2v) is 4.44. The van der Waals surface area contributed by atoms with Crippen LogP contribution in [-0.2, 0) is 6.61 Å². The highest BCUT2D eigenvalue weighted by molar-refractivity contribution is 5.38. The Morgan fingerprint density at radius 3 is 2.78 bits per heavy atom. The van der Waals surface area contributed by atoms with E-state index < -0.39 is 0 Å². The van der Waals surface area contributed by atoms with Crippen LogP contribution in [0.5, 0.6) is 5.75 Å². The van der Waals surface area contributed by atoms with Crippen molar-refractivity contribution in [3.8, 4) is 5.75 Å². The first-order chi connectivity index (χ1) is 8.66. The van der Waals surface area contributed by atoms with Crippen LogP contribution in [-0.4, -0.2) is 4.98 Å². The molecule has 2 rings (SSSR count). The van der Waals surface area contributed by atoms with Gasteiger partial charge >= 0.3 is 0 Å². The van der Waals surface area contributed by atoms with E-state index in [0.29, 0.717) is 6.61 Å². The highest BCUT2D eigenvalue weighted by atomic mass is 16.5. The fraction of sp³-hybridized carbons (Fsp3) is 0.267. The van der Waals surface area contributed by atoms with Gasteiger partial charge in [0.15, 0.2) is 0 Å². The Kier molecular flexibility index (Phi) is 3.95. The van der Waals surface area contributed by atoms with Gasteiger partial charge < -0.3 is 10.5 Å². The van der Waals surface area contributed by atoms with Crippen molar-refractivity contribution in [3.63, 3.8) is 0 Å². The van der Waals surface area contributed by atoms with Gasteiger partial charge in [-0.1, -0.05) is 23.8 Å². The largest absolute Gasteiger partial charge is 0.487 e. The van der Waals surface area contributed by atoms with E-state index in [2.05, 4.69) is 18.0 Å². The number of hydrogen-bond acceptors (Lipinski definition) is 3. The molecular weight excluding hydrogens is 224 g/mol. The molecule has 0 spiro atoms. The van der Waals surface area contributed by atoms with Crippen LogP contribution in [0, 0.1) is 6.92 Å². The highest BCUT2D eigenvalue weighted by Crippen LogP contribution is 2.25. The van der Waals surface area contributed by atoms with Crippen molar-refractivity contribution in [1.29, 1.82) is 0 Å². The lowest BCUT2D eigenvalue weighted by molar-refractivity contribution is 0.296. The first kappa shape index (κ1) is 12.6. The van der Waals surface area contributed by atoms with Crippen molar-refractivity contribution in [1.82, 2.24) is 4.98 Å². The van der Waals surface area contributed by atoms with Crippen LogP contribution in [0.15, 0.2) is 42.6 Å². The number of pyridine rings is 1. The zero-order chi connectivity index (χ0) is 13.0. The fourth-order valence-electron chi connectivity index (χ4n) is 1.79. The van der Waals surface area contributed by atoms with E-state index in [1.807, 2.05) is 37.3 Å². The maximum absolute atomic E-state index is 5.96. The Hall–Kier alpha value is -1.87. The summed E-state index contributed by atoms with van der Waals surface area (Å²) < 4.78 is 5.80. The lowest BCUT2D eigenvalue weighted by atomic mass is 10.1. The molecule has 94 valence electrons. The van der Waals surface area contributed by atoms with Gasteiger partial charge in [-0.25, -0.2) is 0 Å². The fourth-order valence-corrected chi connectivity index (χ4v) is 1.79. The molecule has 18 heavy (non-hydrogen) atoms. The molecule has 0 aliphatic rings. The number of aryl methyl sites for hydroxylation is 1. The smallest absolute Gasteiger partial charge is 0.130 e. The molecule has 1 atom stereocenters. The third-order valence-electron chi connectivity index (χ3n) is 2.76. The molecule has 0 aliphatic carbocycles. The topological polar surface area (TPSA) is 48.1 Å². The summed E-state index contributed by atoms with van der Waals surface area (Å²) in [6.07, 6.45) is 1.76. The number of nitrogens with zero attached hydrogens (tertiary/aromatic N) is 1. The van der Waals surface area contributed by atoms with Crippen molar-refractivity contribution in [2.75, 3.05) is 0 Å². The molecule has 0 saturated carbocycles. The van der Waals surface area contributed by atoms with Gasteiger partial charge in [-0.05, 0) is 32.0 Å². The maximum Gasteiger partial charge on any atom is 0.130 e. The molecule has 0 fully saturated rings. The van der Waals surface area contributed by atoms with Gasteiger partial charge in [-0.15, -0.1) is 0 Å². The van der Waals surface area contributed by atoms with Gasteiger partial charge in [0, 0.05) is 17.8 Å². The van der Waals surface area contributed by atoms with E-state index in [4.69, 9.17) is 10.5 Å². The summed E-state index contributed by atoms with van der Waals surface area (Å²) in [5.41, 5.74) is 9.09. The highest BCUT2D eigenvalue weighted by Gasteiger charge is 2.08. The van der Waals surface area contributed by atoms with Crippen molar-refractivity contribution in [2.45, 2.75) is 26.5 Å². The molecule has 2 aromatic rings. The van der Waals surface area contributed by atoms with Gasteiger partial charge in [0.1, 0.15) is 12.4 Å². The molecule has 1 aromatic heterocycles. The molecule has 2 N–H and O–H groups in total. The first-order valence-corrected chi connectivity index (χ1v) is 6.05. The van der Waals surface area contributed by atoms with E-state index in [9.17, 15) is 0 Å². The van der Waals surface area contributed by atoms with E-state index in [-0.39, 0.29) is 6.04 Å². The predicted octanol–water partition coefficient (Wildman–Crippen LogP) is 2.99. The van der Waals surface area contributed by atoms with Gasteiger partial charge in [-0.2, -0.15) is 0 Å². The number of ether oxygens (including phenoxy) is 1. The van der Waals surface area contributed by atoms with Crippen LogP contribution in [0.4, 0.5) is 0 Å². The minimum Gasteiger partial charge on any atom is -0.487 e. The van der Waals surface area contributed by atoms with Gasteiger partial charge in [0.25, 0.3) is 0 Å². The van der Waals surface area contributed by atoms with Gasteiger partial charge in [0.2, 0.25) is 0 Å². The third-order valence-corrected chi connectivity index (χ3v) is 2.76. The average Bonchev–Trinajstić information content (AvgIpc) is 2.38. The summed E-state index contributed by atoms with van der Waals surface area (Å²) in [4.78, 5) is 4.23. The van der Waals surface area contributed by atoms with Crippen molar-refractivity contribution in [2.24, 2.45) is 5.73 Å². The van der Waals surface area contributed by atoms with Crippen LogP contribution in [0.1, 0.15) is 29.8 Å². The summed E-state index contributed by atoms with van der Waals surface area (Å²) in [7, 11) is 0. The zero-order valence-corrected chi connectivity index (χ0v) is 10.8. The second-order valence-electron chi connectivity index (χ2n) is 4.44. The number of aromatic nitrogens is 1. The van der Waals surface area contributed by atoms with Crippen LogP contribution in [0.3, 0.4) is 0 Å². The van der Waals surface area contributed by atoms with Crippen LogP contribution < -0.4 is 10.5 Å². The Balaban J connectivity index is 2.14. The molecule has 0 amide bonds. The number of nitrogens with two attached hydrogens (primary N) is 1. The molecule has 1 aromatic carbocycles. The van der Waals surface area contributed by atoms with E-state index in [0.717, 1.165) is 17.0 Å². The van der Waals surface area contributed by atoms with E-state index in [1.165, 1.54) is 5.56 Å². The Morgan fingerprint density at radius 1 is 1.28 bits per heavy atom. The predicted molar refractivity (Wildman–Crippen MR) is 72.4 cm³/mol. The Bertz CT molecular complexity index is 509. The maximum atomic E-state index is 5.96. The minimum atomic E-state index is -0.0383. The molecule has 0 saturated heterocycles. The molecule has 0 aliphatic heterocycles. The quantitative estimate of drug-likeness (QED) is 0.896. The molecule has 1 unspecified atom stereocenters. The first-order valence-electron chi connectivity index (χ1n) is 6.05. The number of benzene rings is 1. The van der Waals surface area contributed by atoms with Gasteiger partial charge in [-0.3, -0.25) is 4.98 Å². The summed E-state index contributed by atoms with van der Waals surface area (Å²) in [6, 6.07) is 11.8. The molecule has 3 heteroatoms. The zero-order valence-electron chi connectivity index (χ0n) is 10.8. The van der Waals surface area contributed by atoms with Crippen molar-refractivity contribution in [3.05, 3.63) is 59.4 Å². The summed E-state index contributed by atoms with van der Waals surface area (Å²) in [5, 5.41) is 0. The summed E-state index contributed by atoms with van der Waals surface area (Å²) in [5.74, 6) is 0.834. The van der Waals surface area contributed by atoms with Crippen LogP contribution in [0.25, 0.3) is 0 Å². The standard InChI is InChI=1S/C15H18N2O/c1-11-6-7-15(14(9-11)12(2)16)18-10-13-5-3-4-8-17-13/h3-9,12H,10,16H2,1-2H3. The monoisotopic (exact) mass is 242 g/mol. The minimum absolute atomic E-state index is 0.0383. The molecule has 0 bridgehead atoms. The molecule has 3 nitrogen and oxygen atoms in total. The van der Waals surface area contributed by atoms with Crippen LogP contribution in [0.2, 0.25) is 0 Å². The molecule has 0 radical (unpaired) electrons. The summed E-state index contributed by atoms with van der Waals surface area (Å²) >= 11 is 0. The SMILES string of the molecule is Cc1ccc(OCc2ccccn2)c(C(C)N)c1. The van der Waals surface area contributed by atoms with Crippen molar-refractivity contribution < 1.29 is 4.74 Å². The summed E-state index contributed by atoms with van der Waals surface area (Å²) in [6.45, 7) is 4.47. The lowest BCUT2D eigenvalue weighted by Crippen LogP contribution is -2.08. The molecule has 1 heterocycles. The van der Waals surface area contributed by atoms with Crippen molar-refractivity contribution >= 4 is 0 Å². The number of hydrogen-bond donors (Lipinski definition) is 1. The molecular formula is C15H18N2O. The van der Waals surface area contributed by atoms with E-state index >= 15 is 0 Å². The average molecular weight is 242 g/mol. The Morgan fingerprint density at radius 2 is 2.11 bits per heavy atom. The second kappa shape index (κ2) is 5.65.